The number of aryl methyl sites for hydroxylation is 2. The first-order valence-corrected chi connectivity index (χ1v) is 6.80. The molecule has 0 aliphatic rings. The minimum atomic E-state index is 0.674. The molecule has 0 amide bonds. The molecule has 1 heterocycles. The van der Waals surface area contributed by atoms with Gasteiger partial charge in [-0.3, -0.25) is 0 Å². The Morgan fingerprint density at radius 1 is 1.10 bits per heavy atom. The molecule has 0 aliphatic carbocycles. The van der Waals surface area contributed by atoms with E-state index in [0.29, 0.717) is 5.82 Å². The fourth-order valence-corrected chi connectivity index (χ4v) is 2.09. The number of aromatic nitrogens is 2. The number of nitrogens with one attached hydrogen (secondary N) is 2. The van der Waals surface area contributed by atoms with Crippen LogP contribution in [0, 0.1) is 13.8 Å². The van der Waals surface area contributed by atoms with Gasteiger partial charge < -0.3 is 10.7 Å². The summed E-state index contributed by atoms with van der Waals surface area (Å²) in [6, 6.07) is 6.26. The molecule has 0 atom stereocenters. The second kappa shape index (κ2) is 6.34. The van der Waals surface area contributed by atoms with Gasteiger partial charge in [-0.1, -0.05) is 19.4 Å². The van der Waals surface area contributed by atoms with Crippen molar-refractivity contribution in [3.05, 3.63) is 41.2 Å². The SMILES string of the molecule is CCCc1c(NN)ncnc1Nc1ccc(C)c(C)c1. The molecule has 5 nitrogen and oxygen atoms in total. The lowest BCUT2D eigenvalue weighted by molar-refractivity contribution is 0.903. The summed E-state index contributed by atoms with van der Waals surface area (Å²) in [5.74, 6) is 7.00. The van der Waals surface area contributed by atoms with Crippen molar-refractivity contribution in [3.63, 3.8) is 0 Å². The van der Waals surface area contributed by atoms with Gasteiger partial charge in [0.2, 0.25) is 0 Å². The second-order valence-electron chi connectivity index (χ2n) is 4.87. The lowest BCUT2D eigenvalue weighted by Crippen LogP contribution is -2.13. The van der Waals surface area contributed by atoms with E-state index in [2.05, 4.69) is 59.7 Å². The van der Waals surface area contributed by atoms with E-state index in [4.69, 9.17) is 5.84 Å². The molecular formula is C15H21N5. The summed E-state index contributed by atoms with van der Waals surface area (Å²) in [5.41, 5.74) is 7.19. The third-order valence-corrected chi connectivity index (χ3v) is 3.35. The predicted octanol–water partition coefficient (Wildman–Crippen LogP) is 3.08. The average Bonchev–Trinajstić information content (AvgIpc) is 2.45. The molecule has 0 aliphatic heterocycles. The zero-order valence-corrected chi connectivity index (χ0v) is 12.2. The highest BCUT2D eigenvalue weighted by atomic mass is 15.3. The van der Waals surface area contributed by atoms with E-state index in [-0.39, 0.29) is 0 Å². The summed E-state index contributed by atoms with van der Waals surface area (Å²) < 4.78 is 0. The van der Waals surface area contributed by atoms with Gasteiger partial charge >= 0.3 is 0 Å². The Morgan fingerprint density at radius 3 is 2.50 bits per heavy atom. The number of hydrogen-bond donors (Lipinski definition) is 3. The molecule has 5 heteroatoms. The minimum Gasteiger partial charge on any atom is -0.340 e. The smallest absolute Gasteiger partial charge is 0.148 e. The van der Waals surface area contributed by atoms with Gasteiger partial charge in [0, 0.05) is 11.3 Å². The number of hydrogen-bond acceptors (Lipinski definition) is 5. The molecular weight excluding hydrogens is 250 g/mol. The molecule has 2 rings (SSSR count). The lowest BCUT2D eigenvalue weighted by atomic mass is 10.1. The number of nitrogens with two attached hydrogens (primary N) is 1. The molecule has 20 heavy (non-hydrogen) atoms. The molecule has 0 radical (unpaired) electrons. The standard InChI is InChI=1S/C15H21N5/c1-4-5-13-14(17-9-18-15(13)20-16)19-12-7-6-10(2)11(3)8-12/h6-9H,4-5,16H2,1-3H3,(H2,17,18,19,20). The first kappa shape index (κ1) is 14.3. The average molecular weight is 271 g/mol. The molecule has 0 fully saturated rings. The Hall–Kier alpha value is -2.14. The van der Waals surface area contributed by atoms with Gasteiger partial charge in [-0.05, 0) is 43.5 Å². The third kappa shape index (κ3) is 3.05. The summed E-state index contributed by atoms with van der Waals surface area (Å²) in [7, 11) is 0. The van der Waals surface area contributed by atoms with Crippen molar-refractivity contribution in [3.8, 4) is 0 Å². The van der Waals surface area contributed by atoms with Crippen LogP contribution >= 0.6 is 0 Å². The van der Waals surface area contributed by atoms with Crippen molar-refractivity contribution >= 4 is 17.3 Å². The fraction of sp³-hybridized carbons (Fsp3) is 0.333. The van der Waals surface area contributed by atoms with E-state index in [1.807, 2.05) is 0 Å². The quantitative estimate of drug-likeness (QED) is 0.575. The van der Waals surface area contributed by atoms with Crippen molar-refractivity contribution in [2.45, 2.75) is 33.6 Å². The summed E-state index contributed by atoms with van der Waals surface area (Å²) in [4.78, 5) is 8.50. The van der Waals surface area contributed by atoms with Crippen molar-refractivity contribution in [2.24, 2.45) is 5.84 Å². The predicted molar refractivity (Wildman–Crippen MR) is 83.0 cm³/mol. The number of benzene rings is 1. The molecule has 106 valence electrons. The molecule has 0 spiro atoms. The Kier molecular flexibility index (Phi) is 4.53. The van der Waals surface area contributed by atoms with E-state index in [9.17, 15) is 0 Å². The van der Waals surface area contributed by atoms with Gasteiger partial charge in [0.15, 0.2) is 0 Å². The van der Waals surface area contributed by atoms with Crippen LogP contribution in [0.4, 0.5) is 17.3 Å². The maximum absolute atomic E-state index is 5.52. The topological polar surface area (TPSA) is 75.9 Å². The number of rotatable bonds is 5. The molecule has 0 unspecified atom stereocenters. The highest BCUT2D eigenvalue weighted by molar-refractivity contribution is 5.65. The number of nitrogen functional groups attached to an aromatic ring is 1. The summed E-state index contributed by atoms with van der Waals surface area (Å²) >= 11 is 0. The van der Waals surface area contributed by atoms with Gasteiger partial charge in [-0.25, -0.2) is 15.8 Å². The maximum Gasteiger partial charge on any atom is 0.148 e. The molecule has 2 aromatic rings. The molecule has 0 bridgehead atoms. The van der Waals surface area contributed by atoms with Gasteiger partial charge in [-0.15, -0.1) is 0 Å². The van der Waals surface area contributed by atoms with Crippen molar-refractivity contribution in [1.29, 1.82) is 0 Å². The van der Waals surface area contributed by atoms with Crippen LogP contribution in [0.5, 0.6) is 0 Å². The maximum atomic E-state index is 5.52. The number of nitrogens with zero attached hydrogens (tertiary/aromatic N) is 2. The third-order valence-electron chi connectivity index (χ3n) is 3.35. The van der Waals surface area contributed by atoms with Crippen LogP contribution < -0.4 is 16.6 Å². The van der Waals surface area contributed by atoms with E-state index < -0.39 is 0 Å². The Bertz CT molecular complexity index is 595. The normalized spacial score (nSPS) is 10.4. The zero-order chi connectivity index (χ0) is 14.5. The number of anilines is 3. The Morgan fingerprint density at radius 2 is 1.85 bits per heavy atom. The van der Waals surface area contributed by atoms with Crippen LogP contribution in [-0.2, 0) is 6.42 Å². The van der Waals surface area contributed by atoms with Crippen LogP contribution in [0.2, 0.25) is 0 Å². The molecule has 1 aromatic heterocycles. The summed E-state index contributed by atoms with van der Waals surface area (Å²) in [6.07, 6.45) is 3.38. The van der Waals surface area contributed by atoms with Gasteiger partial charge in [0.25, 0.3) is 0 Å². The van der Waals surface area contributed by atoms with E-state index in [1.165, 1.54) is 17.5 Å². The van der Waals surface area contributed by atoms with E-state index in [1.54, 1.807) is 0 Å². The molecule has 1 aromatic carbocycles. The van der Waals surface area contributed by atoms with Gasteiger partial charge in [0.05, 0.1) is 0 Å². The first-order chi connectivity index (χ1) is 9.65. The van der Waals surface area contributed by atoms with Crippen molar-refractivity contribution in [2.75, 3.05) is 10.7 Å². The highest BCUT2D eigenvalue weighted by Crippen LogP contribution is 2.25. The summed E-state index contributed by atoms with van der Waals surface area (Å²) in [6.45, 7) is 6.32. The van der Waals surface area contributed by atoms with E-state index >= 15 is 0 Å². The van der Waals surface area contributed by atoms with Crippen molar-refractivity contribution in [1.82, 2.24) is 9.97 Å². The zero-order valence-electron chi connectivity index (χ0n) is 12.2. The largest absolute Gasteiger partial charge is 0.340 e. The molecule has 4 N–H and O–H groups in total. The number of hydrazine groups is 1. The fourth-order valence-electron chi connectivity index (χ4n) is 2.09. The highest BCUT2D eigenvalue weighted by Gasteiger charge is 2.10. The lowest BCUT2D eigenvalue weighted by Gasteiger charge is -2.14. The Labute approximate surface area is 119 Å². The molecule has 0 saturated carbocycles. The van der Waals surface area contributed by atoms with Crippen LogP contribution in [0.25, 0.3) is 0 Å². The monoisotopic (exact) mass is 271 g/mol. The van der Waals surface area contributed by atoms with Gasteiger partial charge in [-0.2, -0.15) is 0 Å². The van der Waals surface area contributed by atoms with Crippen LogP contribution in [-0.4, -0.2) is 9.97 Å². The second-order valence-corrected chi connectivity index (χ2v) is 4.87. The van der Waals surface area contributed by atoms with Crippen molar-refractivity contribution < 1.29 is 0 Å². The first-order valence-electron chi connectivity index (χ1n) is 6.80. The van der Waals surface area contributed by atoms with Crippen LogP contribution in [0.1, 0.15) is 30.0 Å². The van der Waals surface area contributed by atoms with E-state index in [0.717, 1.165) is 29.9 Å². The van der Waals surface area contributed by atoms with Gasteiger partial charge in [0.1, 0.15) is 18.0 Å². The minimum absolute atomic E-state index is 0.674. The Balaban J connectivity index is 2.34. The van der Waals surface area contributed by atoms with Crippen LogP contribution in [0.3, 0.4) is 0 Å². The summed E-state index contributed by atoms with van der Waals surface area (Å²) in [5, 5.41) is 3.35. The van der Waals surface area contributed by atoms with Crippen LogP contribution in [0.15, 0.2) is 24.5 Å². The molecule has 0 saturated heterocycles.